The summed E-state index contributed by atoms with van der Waals surface area (Å²) in [6, 6.07) is 3.40. The highest BCUT2D eigenvalue weighted by Crippen LogP contribution is 2.50. The number of carbonyl (C=O) groups excluding carboxylic acids is 4. The Morgan fingerprint density at radius 1 is 1.00 bits per heavy atom. The van der Waals surface area contributed by atoms with Crippen molar-refractivity contribution in [2.24, 2.45) is 34.6 Å². The van der Waals surface area contributed by atoms with Crippen molar-refractivity contribution >= 4 is 35.3 Å². The van der Waals surface area contributed by atoms with Crippen molar-refractivity contribution in [3.63, 3.8) is 0 Å². The molecule has 2 aliphatic rings. The van der Waals surface area contributed by atoms with E-state index in [1.54, 1.807) is 36.9 Å². The minimum absolute atomic E-state index is 0.00667. The Kier molecular flexibility index (Phi) is 16.3. The smallest absolute Gasteiger partial charge is 0.350 e. The summed E-state index contributed by atoms with van der Waals surface area (Å²) in [5.74, 6) is -4.48. The molecule has 1 saturated heterocycles. The molecule has 1 aromatic rings. The molecule has 4 amide bonds. The van der Waals surface area contributed by atoms with Crippen LogP contribution in [0.3, 0.4) is 0 Å². The Hall–Kier alpha value is -3.75. The van der Waals surface area contributed by atoms with Gasteiger partial charge in [0, 0.05) is 33.7 Å². The quantitative estimate of drug-likeness (QED) is 0.168. The summed E-state index contributed by atoms with van der Waals surface area (Å²) in [4.78, 5) is 74.5. The van der Waals surface area contributed by atoms with Crippen molar-refractivity contribution in [1.82, 2.24) is 20.4 Å². The zero-order valence-corrected chi connectivity index (χ0v) is 33.8. The van der Waals surface area contributed by atoms with Gasteiger partial charge in [-0.25, -0.2) is 14.2 Å². The predicted molar refractivity (Wildman–Crippen MR) is 203 cm³/mol. The molecule has 13 nitrogen and oxygen atoms in total. The van der Waals surface area contributed by atoms with Crippen LogP contribution in [0.4, 0.5) is 4.39 Å². The predicted octanol–water partition coefficient (Wildman–Crippen LogP) is 3.72. The Balaban J connectivity index is 1.84. The van der Waals surface area contributed by atoms with Crippen LogP contribution in [0.25, 0.3) is 0 Å². The minimum atomic E-state index is -1.43. The van der Waals surface area contributed by atoms with Gasteiger partial charge in [-0.2, -0.15) is 0 Å². The largest absolute Gasteiger partial charge is 0.477 e. The number of aliphatic imine (C=N–C) groups is 1. The van der Waals surface area contributed by atoms with Crippen molar-refractivity contribution in [3.05, 3.63) is 35.6 Å². The van der Waals surface area contributed by atoms with E-state index in [9.17, 15) is 33.5 Å². The maximum absolute atomic E-state index is 14.3. The Labute approximate surface area is 319 Å². The third kappa shape index (κ3) is 10.5. The third-order valence-electron chi connectivity index (χ3n) is 11.3. The zero-order valence-electron chi connectivity index (χ0n) is 33.8. The van der Waals surface area contributed by atoms with Gasteiger partial charge in [0.2, 0.25) is 17.7 Å². The van der Waals surface area contributed by atoms with Crippen molar-refractivity contribution in [3.8, 4) is 0 Å². The molecule has 0 spiro atoms. The minimum Gasteiger partial charge on any atom is -0.477 e. The molecule has 10 atom stereocenters. The molecular formula is C40H62FN5O8. The lowest BCUT2D eigenvalue weighted by Crippen LogP contribution is -2.59. The molecule has 3 rings (SSSR count). The average Bonchev–Trinajstić information content (AvgIpc) is 3.78. The zero-order chi connectivity index (χ0) is 40.6. The first kappa shape index (κ1) is 44.6. The number of hydrogen-bond acceptors (Lipinski definition) is 8. The van der Waals surface area contributed by atoms with Gasteiger partial charge >= 0.3 is 5.97 Å². The molecule has 14 heteroatoms. The number of piperidine rings is 1. The number of carboxylic acids is 1. The van der Waals surface area contributed by atoms with Crippen LogP contribution in [0.2, 0.25) is 0 Å². The number of benzene rings is 1. The molecule has 54 heavy (non-hydrogen) atoms. The second kappa shape index (κ2) is 19.7. The number of hydrogen-bond donors (Lipinski definition) is 3. The number of methoxy groups -OCH3 is 2. The summed E-state index contributed by atoms with van der Waals surface area (Å²) >= 11 is 0. The fourth-order valence-electron chi connectivity index (χ4n) is 7.96. The SMILES string of the molecule is CC[C@H](C)[C@@H]([C@@H](CC(=O)N1[C@H](C(OC)[C@@H](C)C(=O)/N=C(/Cc2ccccc2F)C(=O)O)C[C@@H]2C[C@@H]21)OC)N(C)C(=O)[C@@H](NC(=O)[C@@H](NC)C(C)C)C(C)C. The van der Waals surface area contributed by atoms with E-state index in [-0.39, 0.29) is 65.8 Å². The average molecular weight is 760 g/mol. The number of ether oxygens (including phenoxy) is 2. The van der Waals surface area contributed by atoms with Crippen molar-refractivity contribution in [2.75, 3.05) is 28.3 Å². The number of likely N-dealkylation sites (N-methyl/N-ethyl adjacent to an activating group) is 2. The number of nitrogens with one attached hydrogen (secondary N) is 2. The van der Waals surface area contributed by atoms with Crippen molar-refractivity contribution in [2.45, 2.75) is 123 Å². The molecule has 1 aliphatic heterocycles. The summed E-state index contributed by atoms with van der Waals surface area (Å²) in [5.41, 5.74) is -0.392. The van der Waals surface area contributed by atoms with Crippen molar-refractivity contribution in [1.29, 1.82) is 0 Å². The highest BCUT2D eigenvalue weighted by molar-refractivity contribution is 6.37. The van der Waals surface area contributed by atoms with Gasteiger partial charge in [-0.1, -0.05) is 73.1 Å². The number of halogens is 1. The lowest BCUT2D eigenvalue weighted by Gasteiger charge is -2.41. The number of carboxylic acid groups (broad SMARTS) is 1. The second-order valence-electron chi connectivity index (χ2n) is 15.7. The number of nitrogens with zero attached hydrogens (tertiary/aromatic N) is 3. The number of fused-ring (bicyclic) bond motifs is 1. The van der Waals surface area contributed by atoms with E-state index in [1.807, 2.05) is 41.5 Å². The Morgan fingerprint density at radius 2 is 1.63 bits per heavy atom. The molecule has 1 saturated carbocycles. The summed E-state index contributed by atoms with van der Waals surface area (Å²) in [6.45, 7) is 13.2. The Morgan fingerprint density at radius 3 is 2.15 bits per heavy atom. The summed E-state index contributed by atoms with van der Waals surface area (Å²) in [7, 11) is 6.37. The first-order valence-corrected chi connectivity index (χ1v) is 19.1. The molecule has 3 N–H and O–H groups in total. The molecule has 0 radical (unpaired) electrons. The summed E-state index contributed by atoms with van der Waals surface area (Å²) in [5, 5.41) is 15.8. The number of aliphatic carboxylic acids is 1. The van der Waals surface area contributed by atoms with Crippen LogP contribution in [0.1, 0.15) is 79.7 Å². The summed E-state index contributed by atoms with van der Waals surface area (Å²) in [6.07, 6.45) is 0.214. The van der Waals surface area contributed by atoms with Gasteiger partial charge in [0.05, 0.1) is 42.7 Å². The number of rotatable bonds is 20. The molecule has 1 aliphatic carbocycles. The lowest BCUT2D eigenvalue weighted by atomic mass is 9.89. The van der Waals surface area contributed by atoms with Gasteiger partial charge in [-0.05, 0) is 55.2 Å². The molecule has 0 bridgehead atoms. The van der Waals surface area contributed by atoms with Crippen LogP contribution in [0.15, 0.2) is 29.3 Å². The topological polar surface area (TPSA) is 167 Å². The third-order valence-corrected chi connectivity index (χ3v) is 11.3. The first-order chi connectivity index (χ1) is 25.4. The van der Waals surface area contributed by atoms with Gasteiger partial charge in [0.25, 0.3) is 5.91 Å². The fraction of sp³-hybridized carbons (Fsp3) is 0.700. The first-order valence-electron chi connectivity index (χ1n) is 19.1. The van der Waals surface area contributed by atoms with Gasteiger partial charge in [-0.3, -0.25) is 19.2 Å². The van der Waals surface area contributed by atoms with Crippen LogP contribution in [0.5, 0.6) is 0 Å². The van der Waals surface area contributed by atoms with Crippen LogP contribution in [-0.2, 0) is 39.9 Å². The highest BCUT2D eigenvalue weighted by Gasteiger charge is 2.57. The monoisotopic (exact) mass is 759 g/mol. The fourth-order valence-corrected chi connectivity index (χ4v) is 7.96. The van der Waals surface area contributed by atoms with Gasteiger partial charge < -0.3 is 35.0 Å². The van der Waals surface area contributed by atoms with Gasteiger partial charge in [-0.15, -0.1) is 0 Å². The summed E-state index contributed by atoms with van der Waals surface area (Å²) < 4.78 is 26.2. The standard InChI is InChI=1S/C40H62FN5O8/c1-12-23(6)35(45(9)39(50)34(22(4)5)44-38(49)33(42-8)21(2)3)31(53-10)20-32(47)46-29-18-26(29)19-30(46)36(54-11)24(7)37(48)43-28(40(51)52)17-25-15-13-14-16-27(25)41/h13-16,21-24,26,29-31,33-36,42H,12,17-20H2,1-11H3,(H,44,49)(H,51,52)/b43-28-/t23-,24+,26-,29-,30-,31+,33-,34-,35-,36?/m0/s1. The lowest BCUT2D eigenvalue weighted by molar-refractivity contribution is -0.148. The Bertz CT molecular complexity index is 1520. The van der Waals surface area contributed by atoms with E-state index in [0.29, 0.717) is 12.8 Å². The van der Waals surface area contributed by atoms with Crippen LogP contribution in [0, 0.1) is 35.4 Å². The normalized spacial score (nSPS) is 22.1. The van der Waals surface area contributed by atoms with Gasteiger partial charge in [0.1, 0.15) is 17.6 Å². The molecule has 0 aromatic heterocycles. The molecule has 2 fully saturated rings. The second-order valence-corrected chi connectivity index (χ2v) is 15.7. The van der Waals surface area contributed by atoms with Crippen LogP contribution < -0.4 is 10.6 Å². The molecule has 302 valence electrons. The maximum Gasteiger partial charge on any atom is 0.350 e. The number of carbonyl (C=O) groups is 5. The van der Waals surface area contributed by atoms with Crippen LogP contribution in [-0.4, -0.2) is 121 Å². The molecule has 1 heterocycles. The maximum atomic E-state index is 14.3. The van der Waals surface area contributed by atoms with E-state index < -0.39 is 65.7 Å². The van der Waals surface area contributed by atoms with E-state index in [4.69, 9.17) is 9.47 Å². The van der Waals surface area contributed by atoms with E-state index in [1.165, 1.54) is 32.4 Å². The van der Waals surface area contributed by atoms with Crippen LogP contribution >= 0.6 is 0 Å². The van der Waals surface area contributed by atoms with Gasteiger partial charge in [0.15, 0.2) is 0 Å². The highest BCUT2D eigenvalue weighted by atomic mass is 19.1. The number of amides is 4. The van der Waals surface area contributed by atoms with Crippen molar-refractivity contribution < 1.29 is 42.9 Å². The van der Waals surface area contributed by atoms with E-state index in [2.05, 4.69) is 15.6 Å². The molecule has 1 aromatic carbocycles. The number of likely N-dealkylation sites (tertiary alicyclic amines) is 1. The van der Waals surface area contributed by atoms with E-state index in [0.717, 1.165) is 6.42 Å². The molecule has 1 unspecified atom stereocenters. The van der Waals surface area contributed by atoms with E-state index >= 15 is 0 Å². The molecular weight excluding hydrogens is 697 g/mol.